The molecule has 0 amide bonds. The predicted octanol–water partition coefficient (Wildman–Crippen LogP) is 3.03. The zero-order valence-corrected chi connectivity index (χ0v) is 16.8. The number of hydrogen-bond acceptors (Lipinski definition) is 8. The van der Waals surface area contributed by atoms with Crippen LogP contribution in [0.3, 0.4) is 0 Å². The van der Waals surface area contributed by atoms with E-state index in [-0.39, 0.29) is 6.04 Å². The molecule has 0 aromatic carbocycles. The Balaban J connectivity index is 1.53. The molecular weight excluding hydrogens is 394 g/mol. The fraction of sp³-hybridized carbons (Fsp3) is 0.316. The van der Waals surface area contributed by atoms with Gasteiger partial charge in [0.2, 0.25) is 0 Å². The fourth-order valence-corrected chi connectivity index (χ4v) is 4.69. The van der Waals surface area contributed by atoms with Crippen molar-refractivity contribution in [1.82, 2.24) is 24.9 Å². The van der Waals surface area contributed by atoms with Gasteiger partial charge in [-0.05, 0) is 29.8 Å². The summed E-state index contributed by atoms with van der Waals surface area (Å²) in [5.74, 6) is 0.885. The first kappa shape index (κ1) is 17.8. The molecule has 3 aromatic rings. The van der Waals surface area contributed by atoms with Crippen molar-refractivity contribution in [3.63, 3.8) is 0 Å². The Hall–Kier alpha value is -2.29. The maximum atomic E-state index is 6.66. The van der Waals surface area contributed by atoms with Crippen LogP contribution < -0.4 is 10.6 Å². The summed E-state index contributed by atoms with van der Waals surface area (Å²) in [6.45, 7) is 3.69. The molecule has 1 fully saturated rings. The van der Waals surface area contributed by atoms with Crippen LogP contribution in [0.25, 0.3) is 16.2 Å². The summed E-state index contributed by atoms with van der Waals surface area (Å²) < 4.78 is 0. The van der Waals surface area contributed by atoms with Gasteiger partial charge in [0.05, 0.1) is 16.3 Å². The highest BCUT2D eigenvalue weighted by molar-refractivity contribution is 7.99. The highest BCUT2D eigenvalue weighted by atomic mass is 35.5. The lowest BCUT2D eigenvalue weighted by atomic mass is 10.1. The molecule has 0 unspecified atom stereocenters. The van der Waals surface area contributed by atoms with Crippen molar-refractivity contribution in [3.8, 4) is 0 Å². The number of pyridine rings is 1. The summed E-state index contributed by atoms with van der Waals surface area (Å²) in [5, 5.41) is 1.48. The van der Waals surface area contributed by atoms with Gasteiger partial charge in [-0.1, -0.05) is 18.5 Å². The highest BCUT2D eigenvalue weighted by Crippen LogP contribution is 2.43. The van der Waals surface area contributed by atoms with E-state index < -0.39 is 0 Å². The monoisotopic (exact) mass is 411 g/mol. The van der Waals surface area contributed by atoms with Gasteiger partial charge in [-0.25, -0.2) is 19.9 Å². The molecule has 5 rings (SSSR count). The predicted molar refractivity (Wildman–Crippen MR) is 110 cm³/mol. The smallest absolute Gasteiger partial charge is 0.194 e. The summed E-state index contributed by atoms with van der Waals surface area (Å²) in [5.41, 5.74) is 10.5. The van der Waals surface area contributed by atoms with Crippen molar-refractivity contribution in [2.24, 2.45) is 5.73 Å². The van der Waals surface area contributed by atoms with Crippen LogP contribution in [0.15, 0.2) is 40.3 Å². The van der Waals surface area contributed by atoms with E-state index in [9.17, 15) is 0 Å². The zero-order chi connectivity index (χ0) is 19.3. The molecule has 0 bridgehead atoms. The Morgan fingerprint density at radius 1 is 1.21 bits per heavy atom. The number of aromatic nitrogens is 5. The van der Waals surface area contributed by atoms with Gasteiger partial charge >= 0.3 is 0 Å². The molecule has 1 aliphatic carbocycles. The summed E-state index contributed by atoms with van der Waals surface area (Å²) >= 11 is 8.14. The minimum Gasteiger partial charge on any atom is -0.353 e. The van der Waals surface area contributed by atoms with E-state index in [1.165, 1.54) is 17.3 Å². The quantitative estimate of drug-likeness (QED) is 0.654. The van der Waals surface area contributed by atoms with E-state index in [0.717, 1.165) is 58.5 Å². The number of nitrogens with zero attached hydrogens (tertiary/aromatic N) is 6. The lowest BCUT2D eigenvalue weighted by molar-refractivity contribution is 0.511. The van der Waals surface area contributed by atoms with Crippen molar-refractivity contribution in [2.75, 3.05) is 18.0 Å². The molecule has 7 nitrogen and oxygen atoms in total. The molecule has 28 heavy (non-hydrogen) atoms. The van der Waals surface area contributed by atoms with E-state index in [2.05, 4.69) is 26.8 Å². The van der Waals surface area contributed by atoms with Gasteiger partial charge in [0.15, 0.2) is 10.8 Å². The van der Waals surface area contributed by atoms with E-state index in [1.807, 2.05) is 6.07 Å². The molecule has 142 valence electrons. The third kappa shape index (κ3) is 3.01. The van der Waals surface area contributed by atoms with Gasteiger partial charge in [-0.15, -0.1) is 0 Å². The number of halogens is 1. The van der Waals surface area contributed by atoms with Crippen LogP contribution in [-0.2, 0) is 6.42 Å². The first-order valence-corrected chi connectivity index (χ1v) is 10.4. The van der Waals surface area contributed by atoms with Crippen LogP contribution in [0.1, 0.15) is 24.6 Å². The first-order valence-electron chi connectivity index (χ1n) is 9.16. The minimum absolute atomic E-state index is 0.180. The summed E-state index contributed by atoms with van der Waals surface area (Å²) in [6.07, 6.45) is 6.76. The summed E-state index contributed by atoms with van der Waals surface area (Å²) in [4.78, 5) is 25.7. The molecule has 2 aliphatic rings. The number of anilines is 1. The number of rotatable bonds is 4. The number of fused-ring (bicyclic) bond motifs is 2. The third-order valence-corrected chi connectivity index (χ3v) is 6.28. The Kier molecular flexibility index (Phi) is 4.41. The van der Waals surface area contributed by atoms with Gasteiger partial charge in [0, 0.05) is 49.0 Å². The Labute approximate surface area is 171 Å². The number of allylic oxidation sites excluding steroid dienone is 1. The summed E-state index contributed by atoms with van der Waals surface area (Å²) in [6, 6.07) is 2.14. The van der Waals surface area contributed by atoms with Crippen LogP contribution in [0.5, 0.6) is 0 Å². The van der Waals surface area contributed by atoms with Gasteiger partial charge in [0.25, 0.3) is 0 Å². The average molecular weight is 412 g/mol. The second kappa shape index (κ2) is 6.95. The van der Waals surface area contributed by atoms with Crippen molar-refractivity contribution in [2.45, 2.75) is 35.9 Å². The van der Waals surface area contributed by atoms with E-state index in [1.54, 1.807) is 18.6 Å². The van der Waals surface area contributed by atoms with Crippen LogP contribution in [-0.4, -0.2) is 44.1 Å². The third-order valence-electron chi connectivity index (χ3n) is 5.00. The number of hydrogen-bond donors (Lipinski definition) is 1. The highest BCUT2D eigenvalue weighted by Gasteiger charge is 2.33. The second-order valence-electron chi connectivity index (χ2n) is 6.94. The van der Waals surface area contributed by atoms with E-state index in [4.69, 9.17) is 27.3 Å². The topological polar surface area (TPSA) is 93.7 Å². The van der Waals surface area contributed by atoms with Crippen molar-refractivity contribution < 1.29 is 0 Å². The van der Waals surface area contributed by atoms with E-state index >= 15 is 0 Å². The zero-order valence-electron chi connectivity index (χ0n) is 15.3. The van der Waals surface area contributed by atoms with Crippen LogP contribution in [0.4, 0.5) is 5.82 Å². The Morgan fingerprint density at radius 2 is 2.04 bits per heavy atom. The molecule has 1 saturated heterocycles. The van der Waals surface area contributed by atoms with Crippen LogP contribution in [0, 0.1) is 0 Å². The van der Waals surface area contributed by atoms with Crippen molar-refractivity contribution in [1.29, 1.82) is 0 Å². The van der Waals surface area contributed by atoms with Gasteiger partial charge in [0.1, 0.15) is 11.3 Å². The molecule has 0 radical (unpaired) electrons. The first-order chi connectivity index (χ1) is 13.6. The lowest BCUT2D eigenvalue weighted by Gasteiger charge is -2.38. The van der Waals surface area contributed by atoms with Gasteiger partial charge in [-0.2, -0.15) is 0 Å². The van der Waals surface area contributed by atoms with Gasteiger partial charge < -0.3 is 10.6 Å². The molecule has 2 N–H and O–H groups in total. The Morgan fingerprint density at radius 3 is 2.82 bits per heavy atom. The molecule has 0 saturated carbocycles. The molecule has 4 heterocycles. The van der Waals surface area contributed by atoms with Crippen molar-refractivity contribution in [3.05, 3.63) is 41.5 Å². The molecule has 1 aliphatic heterocycles. The van der Waals surface area contributed by atoms with Crippen molar-refractivity contribution >= 4 is 45.4 Å². The maximum Gasteiger partial charge on any atom is 0.194 e. The van der Waals surface area contributed by atoms with Crippen LogP contribution >= 0.6 is 23.4 Å². The lowest BCUT2D eigenvalue weighted by Crippen LogP contribution is -2.56. The molecule has 0 atom stereocenters. The minimum atomic E-state index is 0.180. The SMILES string of the molecule is CCC1=C(Cl)c2c(nc(Sc3cnc4nccnc4c3)nc2N2CC(N)C2)C1. The molecule has 3 aromatic heterocycles. The van der Waals surface area contributed by atoms with Crippen LogP contribution in [0.2, 0.25) is 0 Å². The largest absolute Gasteiger partial charge is 0.353 e. The summed E-state index contributed by atoms with van der Waals surface area (Å²) in [7, 11) is 0. The molecular formula is C19H18ClN7S. The fourth-order valence-electron chi connectivity index (χ4n) is 3.52. The standard InChI is InChI=1S/C19H18ClN7S/c1-2-10-5-13-15(16(10)20)18(27-8-11(21)9-27)26-19(25-13)28-12-6-14-17(24-7-12)23-4-3-22-14/h3-4,6-7,11H,2,5,8-9,21H2,1H3. The van der Waals surface area contributed by atoms with Gasteiger partial charge in [-0.3, -0.25) is 4.98 Å². The second-order valence-corrected chi connectivity index (χ2v) is 8.36. The normalized spacial score (nSPS) is 16.6. The maximum absolute atomic E-state index is 6.66. The average Bonchev–Trinajstić information content (AvgIpc) is 3.00. The Bertz CT molecular complexity index is 1110. The number of nitrogens with two attached hydrogens (primary N) is 1. The van der Waals surface area contributed by atoms with E-state index in [0.29, 0.717) is 10.8 Å². The molecule has 0 spiro atoms. The molecule has 9 heteroatoms.